The molecular formula is C34H36O8. The van der Waals surface area contributed by atoms with Crippen LogP contribution in [0.2, 0.25) is 0 Å². The second-order valence-electron chi connectivity index (χ2n) is 12.8. The maximum atomic E-state index is 14.3. The van der Waals surface area contributed by atoms with Crippen LogP contribution in [-0.4, -0.2) is 49.7 Å². The second kappa shape index (κ2) is 9.49. The van der Waals surface area contributed by atoms with E-state index in [0.29, 0.717) is 23.1 Å². The van der Waals surface area contributed by atoms with Gasteiger partial charge in [0.05, 0.1) is 5.56 Å². The molecule has 0 bridgehead atoms. The Morgan fingerprint density at radius 1 is 1.07 bits per heavy atom. The van der Waals surface area contributed by atoms with Crippen LogP contribution in [-0.2, 0) is 22.4 Å². The van der Waals surface area contributed by atoms with E-state index < -0.39 is 56.8 Å². The second-order valence-corrected chi connectivity index (χ2v) is 12.8. The van der Waals surface area contributed by atoms with Crippen molar-refractivity contribution in [2.75, 3.05) is 0 Å². The number of allylic oxidation sites excluding steroid dienone is 2. The fourth-order valence-electron chi connectivity index (χ4n) is 8.21. The minimum Gasteiger partial charge on any atom is -0.511 e. The highest BCUT2D eigenvalue weighted by Gasteiger charge is 2.71. The van der Waals surface area contributed by atoms with E-state index in [4.69, 9.17) is 0 Å². The van der Waals surface area contributed by atoms with Crippen molar-refractivity contribution in [3.63, 3.8) is 0 Å². The maximum Gasteiger partial charge on any atom is 0.209 e. The van der Waals surface area contributed by atoms with Gasteiger partial charge in [-0.3, -0.25) is 19.2 Å². The van der Waals surface area contributed by atoms with Crippen molar-refractivity contribution < 1.29 is 39.6 Å². The molecule has 0 saturated heterocycles. The van der Waals surface area contributed by atoms with Gasteiger partial charge in [0.1, 0.15) is 29.1 Å². The first-order valence-electron chi connectivity index (χ1n) is 14.2. The van der Waals surface area contributed by atoms with E-state index in [1.165, 1.54) is 6.07 Å². The number of benzene rings is 2. The van der Waals surface area contributed by atoms with Gasteiger partial charge in [-0.1, -0.05) is 52.8 Å². The van der Waals surface area contributed by atoms with E-state index in [1.807, 2.05) is 13.0 Å². The monoisotopic (exact) mass is 572 g/mol. The molecule has 42 heavy (non-hydrogen) atoms. The van der Waals surface area contributed by atoms with Gasteiger partial charge < -0.3 is 20.4 Å². The Balaban J connectivity index is 1.83. The highest BCUT2D eigenvalue weighted by molar-refractivity contribution is 6.25. The average molecular weight is 573 g/mol. The number of Topliss-reactive ketones (excluding diaryl/α,β-unsaturated/α-hetero) is 3. The molecule has 0 saturated carbocycles. The van der Waals surface area contributed by atoms with Gasteiger partial charge in [-0.25, -0.2) is 0 Å². The van der Waals surface area contributed by atoms with Crippen LogP contribution in [0.5, 0.6) is 5.75 Å². The van der Waals surface area contributed by atoms with Gasteiger partial charge in [0, 0.05) is 27.9 Å². The Morgan fingerprint density at radius 2 is 1.74 bits per heavy atom. The minimum absolute atomic E-state index is 0.00894. The summed E-state index contributed by atoms with van der Waals surface area (Å²) in [4.78, 5) is 52.3. The number of fused-ring (bicyclic) bond motifs is 3. The molecule has 0 radical (unpaired) electrons. The fourth-order valence-corrected chi connectivity index (χ4v) is 8.21. The van der Waals surface area contributed by atoms with Crippen molar-refractivity contribution in [1.82, 2.24) is 0 Å². The number of phenolic OH excluding ortho intramolecular Hbond substituents is 1. The number of aliphatic hydroxyl groups is 3. The highest BCUT2D eigenvalue weighted by atomic mass is 16.3. The molecule has 1 unspecified atom stereocenters. The minimum atomic E-state index is -2.65. The summed E-state index contributed by atoms with van der Waals surface area (Å²) in [6.45, 7) is 10.0. The standard InChI is InChI=1S/C34H36O8/c1-7-19-9-8-18(14-35)12-21(19)20-10-11-23(37)25-22(20)13-32(5)15-33(6)26(16(2)3)28(38)24(17(4)36)30(40)34(33,42)31(41)27(32)29(25)39/h8-12,14,16,26,37-38,41-42H,7,13,15H2,1-6H3/t26?,32-,33-,34+/m1/s1. The van der Waals surface area contributed by atoms with Crippen LogP contribution >= 0.6 is 0 Å². The molecule has 2 aromatic rings. The summed E-state index contributed by atoms with van der Waals surface area (Å²) in [6, 6.07) is 8.41. The van der Waals surface area contributed by atoms with E-state index in [2.05, 4.69) is 0 Å². The number of aliphatic hydroxyl groups excluding tert-OH is 2. The quantitative estimate of drug-likeness (QED) is 0.275. The SMILES string of the molecule is CCc1ccc(C=O)cc1-c1ccc(O)c2c1C[C@]1(C)C[C@]3(C)C(C(C)C)C(O)=C(C(C)=O)C(=O)[C@]3(O)C(O)=C1C2=O. The molecule has 3 aliphatic rings. The molecule has 4 N–H and O–H groups in total. The molecule has 5 rings (SSSR count). The van der Waals surface area contributed by atoms with Gasteiger partial charge in [-0.2, -0.15) is 0 Å². The van der Waals surface area contributed by atoms with Gasteiger partial charge in [0.2, 0.25) is 5.78 Å². The zero-order chi connectivity index (χ0) is 31.1. The zero-order valence-electron chi connectivity index (χ0n) is 24.7. The van der Waals surface area contributed by atoms with Crippen LogP contribution in [0.25, 0.3) is 11.1 Å². The third-order valence-corrected chi connectivity index (χ3v) is 9.83. The van der Waals surface area contributed by atoms with Crippen molar-refractivity contribution >= 4 is 23.6 Å². The number of rotatable bonds is 5. The molecule has 0 fully saturated rings. The van der Waals surface area contributed by atoms with Crippen LogP contribution in [0.15, 0.2) is 53.0 Å². The number of carbonyl (C=O) groups excluding carboxylic acids is 4. The molecule has 220 valence electrons. The molecule has 0 heterocycles. The lowest BCUT2D eigenvalue weighted by atomic mass is 9.44. The Kier molecular flexibility index (Phi) is 6.66. The van der Waals surface area contributed by atoms with Gasteiger partial charge >= 0.3 is 0 Å². The third-order valence-electron chi connectivity index (χ3n) is 9.83. The number of aldehydes is 1. The Morgan fingerprint density at radius 3 is 2.31 bits per heavy atom. The number of aromatic hydroxyl groups is 1. The normalized spacial score (nSPS) is 28.9. The fraction of sp³-hybridized carbons (Fsp3) is 0.412. The average Bonchev–Trinajstić information content (AvgIpc) is 2.90. The summed E-state index contributed by atoms with van der Waals surface area (Å²) >= 11 is 0. The Labute approximate surface area is 244 Å². The summed E-state index contributed by atoms with van der Waals surface area (Å²) in [6.07, 6.45) is 1.55. The predicted octanol–water partition coefficient (Wildman–Crippen LogP) is 5.39. The largest absolute Gasteiger partial charge is 0.511 e. The van der Waals surface area contributed by atoms with E-state index in [9.17, 15) is 39.6 Å². The van der Waals surface area contributed by atoms with Crippen LogP contribution in [0.4, 0.5) is 0 Å². The van der Waals surface area contributed by atoms with E-state index in [0.717, 1.165) is 24.3 Å². The lowest BCUT2D eigenvalue weighted by molar-refractivity contribution is -0.171. The van der Waals surface area contributed by atoms with Crippen LogP contribution in [0.1, 0.15) is 79.8 Å². The van der Waals surface area contributed by atoms with Crippen molar-refractivity contribution in [1.29, 1.82) is 0 Å². The summed E-state index contributed by atoms with van der Waals surface area (Å²) in [7, 11) is 0. The van der Waals surface area contributed by atoms with Gasteiger partial charge in [0.15, 0.2) is 17.2 Å². The van der Waals surface area contributed by atoms with E-state index >= 15 is 0 Å². The Bertz CT molecular complexity index is 1660. The molecule has 0 amide bonds. The molecular weight excluding hydrogens is 536 g/mol. The highest BCUT2D eigenvalue weighted by Crippen LogP contribution is 2.65. The molecule has 0 aliphatic heterocycles. The topological polar surface area (TPSA) is 149 Å². The number of ketones is 3. The smallest absolute Gasteiger partial charge is 0.209 e. The van der Waals surface area contributed by atoms with Crippen LogP contribution in [0, 0.1) is 22.7 Å². The van der Waals surface area contributed by atoms with E-state index in [-0.39, 0.29) is 35.6 Å². The molecule has 4 atom stereocenters. The molecule has 8 nitrogen and oxygen atoms in total. The van der Waals surface area contributed by atoms with Crippen LogP contribution < -0.4 is 0 Å². The first kappa shape index (κ1) is 29.5. The predicted molar refractivity (Wildman–Crippen MR) is 155 cm³/mol. The van der Waals surface area contributed by atoms with Crippen molar-refractivity contribution in [3.8, 4) is 16.9 Å². The summed E-state index contributed by atoms with van der Waals surface area (Å²) in [5.41, 5.74) is -2.80. The lowest BCUT2D eigenvalue weighted by Gasteiger charge is -2.59. The summed E-state index contributed by atoms with van der Waals surface area (Å²) < 4.78 is 0. The van der Waals surface area contributed by atoms with Crippen LogP contribution in [0.3, 0.4) is 0 Å². The number of aryl methyl sites for hydroxylation is 1. The number of phenols is 1. The molecule has 0 aromatic heterocycles. The lowest BCUT2D eigenvalue weighted by Crippen LogP contribution is -2.67. The van der Waals surface area contributed by atoms with Crippen molar-refractivity contribution in [3.05, 3.63) is 75.3 Å². The van der Waals surface area contributed by atoms with Gasteiger partial charge in [0.25, 0.3) is 0 Å². The van der Waals surface area contributed by atoms with Crippen molar-refractivity contribution in [2.45, 2.75) is 66.4 Å². The zero-order valence-corrected chi connectivity index (χ0v) is 24.7. The third kappa shape index (κ3) is 3.63. The molecule has 3 aliphatic carbocycles. The first-order valence-corrected chi connectivity index (χ1v) is 14.2. The number of carbonyl (C=O) groups is 4. The molecule has 0 spiro atoms. The van der Waals surface area contributed by atoms with Gasteiger partial charge in [-0.15, -0.1) is 0 Å². The number of hydrogen-bond donors (Lipinski definition) is 4. The first-order chi connectivity index (χ1) is 19.6. The van der Waals surface area contributed by atoms with Crippen molar-refractivity contribution in [2.24, 2.45) is 22.7 Å². The summed E-state index contributed by atoms with van der Waals surface area (Å²) in [5, 5.41) is 46.2. The van der Waals surface area contributed by atoms with E-state index in [1.54, 1.807) is 45.9 Å². The summed E-state index contributed by atoms with van der Waals surface area (Å²) in [5.74, 6) is -5.46. The molecule has 8 heteroatoms. The van der Waals surface area contributed by atoms with Gasteiger partial charge in [-0.05, 0) is 66.5 Å². The Hall–Kier alpha value is -4.04. The maximum absolute atomic E-state index is 14.3. The molecule has 2 aromatic carbocycles. The number of hydrogen-bond acceptors (Lipinski definition) is 8.